The normalized spacial score (nSPS) is 12.5. The van der Waals surface area contributed by atoms with Crippen LogP contribution < -0.4 is 5.32 Å². The highest BCUT2D eigenvalue weighted by Crippen LogP contribution is 2.23. The van der Waals surface area contributed by atoms with Crippen LogP contribution in [0.3, 0.4) is 0 Å². The second-order valence-corrected chi connectivity index (χ2v) is 7.34. The van der Waals surface area contributed by atoms with Crippen molar-refractivity contribution in [3.05, 3.63) is 81.1 Å². The van der Waals surface area contributed by atoms with Crippen LogP contribution in [0.25, 0.3) is 10.9 Å². The van der Waals surface area contributed by atoms with Crippen molar-refractivity contribution < 1.29 is 0 Å². The SMILES string of the molecule is c1cnc2c(CN[C@@H](Cc3ccsc3)c3nccs3)cccc2c1. The first-order chi connectivity index (χ1) is 11.9. The van der Waals surface area contributed by atoms with Crippen molar-refractivity contribution >= 4 is 33.6 Å². The van der Waals surface area contributed by atoms with Crippen LogP contribution in [0.15, 0.2) is 64.9 Å². The Balaban J connectivity index is 1.56. The maximum absolute atomic E-state index is 4.55. The maximum atomic E-state index is 4.55. The van der Waals surface area contributed by atoms with Gasteiger partial charge in [-0.1, -0.05) is 24.3 Å². The number of aromatic nitrogens is 2. The molecule has 1 N–H and O–H groups in total. The molecule has 0 spiro atoms. The molecular weight excluding hydrogens is 334 g/mol. The van der Waals surface area contributed by atoms with E-state index in [1.54, 1.807) is 22.7 Å². The van der Waals surface area contributed by atoms with Gasteiger partial charge in [-0.25, -0.2) is 4.98 Å². The number of hydrogen-bond acceptors (Lipinski definition) is 5. The van der Waals surface area contributed by atoms with Crippen LogP contribution in [-0.2, 0) is 13.0 Å². The fourth-order valence-corrected chi connectivity index (χ4v) is 4.24. The summed E-state index contributed by atoms with van der Waals surface area (Å²) in [7, 11) is 0. The van der Waals surface area contributed by atoms with Crippen molar-refractivity contribution in [3.8, 4) is 0 Å². The molecular formula is C19H17N3S2. The highest BCUT2D eigenvalue weighted by molar-refractivity contribution is 7.09. The van der Waals surface area contributed by atoms with Crippen LogP contribution in [0.4, 0.5) is 0 Å². The van der Waals surface area contributed by atoms with Gasteiger partial charge in [0.2, 0.25) is 0 Å². The van der Waals surface area contributed by atoms with E-state index in [1.165, 1.54) is 16.5 Å². The Bertz CT molecular complexity index is 896. The van der Waals surface area contributed by atoms with Gasteiger partial charge in [0.05, 0.1) is 11.6 Å². The van der Waals surface area contributed by atoms with E-state index in [1.807, 2.05) is 23.8 Å². The van der Waals surface area contributed by atoms with Gasteiger partial charge in [-0.2, -0.15) is 11.3 Å². The summed E-state index contributed by atoms with van der Waals surface area (Å²) in [5.74, 6) is 0. The molecule has 0 bridgehead atoms. The number of para-hydroxylation sites is 1. The number of nitrogens with zero attached hydrogens (tertiary/aromatic N) is 2. The number of pyridine rings is 1. The Labute approximate surface area is 149 Å². The first-order valence-corrected chi connectivity index (χ1v) is 9.69. The van der Waals surface area contributed by atoms with E-state index in [0.717, 1.165) is 23.5 Å². The van der Waals surface area contributed by atoms with Gasteiger partial charge in [-0.3, -0.25) is 4.98 Å². The Hall–Kier alpha value is -2.08. The first kappa shape index (κ1) is 15.4. The van der Waals surface area contributed by atoms with Crippen molar-refractivity contribution in [3.63, 3.8) is 0 Å². The van der Waals surface area contributed by atoms with E-state index in [0.29, 0.717) is 0 Å². The van der Waals surface area contributed by atoms with E-state index in [-0.39, 0.29) is 6.04 Å². The van der Waals surface area contributed by atoms with E-state index >= 15 is 0 Å². The minimum atomic E-state index is 0.221. The van der Waals surface area contributed by atoms with Crippen molar-refractivity contribution in [2.24, 2.45) is 0 Å². The van der Waals surface area contributed by atoms with Crippen LogP contribution in [-0.4, -0.2) is 9.97 Å². The number of thiazole rings is 1. The highest BCUT2D eigenvalue weighted by atomic mass is 32.1. The molecule has 0 aliphatic rings. The topological polar surface area (TPSA) is 37.8 Å². The lowest BCUT2D eigenvalue weighted by molar-refractivity contribution is 0.529. The van der Waals surface area contributed by atoms with Gasteiger partial charge in [0.25, 0.3) is 0 Å². The molecule has 120 valence electrons. The molecule has 4 aromatic rings. The molecule has 0 unspecified atom stereocenters. The fourth-order valence-electron chi connectivity index (χ4n) is 2.84. The van der Waals surface area contributed by atoms with Crippen molar-refractivity contribution in [2.45, 2.75) is 19.0 Å². The van der Waals surface area contributed by atoms with E-state index < -0.39 is 0 Å². The molecule has 0 saturated carbocycles. The first-order valence-electron chi connectivity index (χ1n) is 7.86. The van der Waals surface area contributed by atoms with Gasteiger partial charge in [0.15, 0.2) is 0 Å². The van der Waals surface area contributed by atoms with E-state index in [9.17, 15) is 0 Å². The van der Waals surface area contributed by atoms with Crippen molar-refractivity contribution in [2.75, 3.05) is 0 Å². The molecule has 0 aliphatic heterocycles. The molecule has 1 aromatic carbocycles. The van der Waals surface area contributed by atoms with E-state index in [4.69, 9.17) is 0 Å². The lowest BCUT2D eigenvalue weighted by atomic mass is 10.1. The van der Waals surface area contributed by atoms with Crippen LogP contribution in [0.1, 0.15) is 22.2 Å². The lowest BCUT2D eigenvalue weighted by Crippen LogP contribution is -2.23. The van der Waals surface area contributed by atoms with Gasteiger partial charge in [-0.05, 0) is 40.4 Å². The third kappa shape index (κ3) is 3.38. The van der Waals surface area contributed by atoms with Gasteiger partial charge in [-0.15, -0.1) is 11.3 Å². The van der Waals surface area contributed by atoms with Gasteiger partial charge < -0.3 is 5.32 Å². The number of benzene rings is 1. The second kappa shape index (κ2) is 7.21. The Morgan fingerprint density at radius 2 is 1.96 bits per heavy atom. The summed E-state index contributed by atoms with van der Waals surface area (Å²) < 4.78 is 0. The summed E-state index contributed by atoms with van der Waals surface area (Å²) in [6, 6.07) is 12.8. The Morgan fingerprint density at radius 3 is 2.79 bits per heavy atom. The fraction of sp³-hybridized carbons (Fsp3) is 0.158. The maximum Gasteiger partial charge on any atom is 0.110 e. The smallest absolute Gasteiger partial charge is 0.110 e. The third-order valence-electron chi connectivity index (χ3n) is 4.02. The molecule has 0 fully saturated rings. The zero-order valence-corrected chi connectivity index (χ0v) is 14.7. The summed E-state index contributed by atoms with van der Waals surface area (Å²) in [5, 5.41) is 12.4. The molecule has 4 rings (SSSR count). The standard InChI is InChI=1S/C19H17N3S2/c1-3-15-5-2-7-20-18(15)16(4-1)12-22-17(19-21-8-10-24-19)11-14-6-9-23-13-14/h1-10,13,17,22H,11-12H2/t17-/m0/s1. The minimum Gasteiger partial charge on any atom is -0.303 e. The van der Waals surface area contributed by atoms with Crippen LogP contribution >= 0.6 is 22.7 Å². The van der Waals surface area contributed by atoms with Crippen LogP contribution in [0, 0.1) is 0 Å². The van der Waals surface area contributed by atoms with Gasteiger partial charge in [0, 0.05) is 29.7 Å². The molecule has 0 saturated heterocycles. The van der Waals surface area contributed by atoms with Gasteiger partial charge >= 0.3 is 0 Å². The predicted molar refractivity (Wildman–Crippen MR) is 101 cm³/mol. The number of fused-ring (bicyclic) bond motifs is 1. The number of hydrogen-bond donors (Lipinski definition) is 1. The minimum absolute atomic E-state index is 0.221. The highest BCUT2D eigenvalue weighted by Gasteiger charge is 2.15. The summed E-state index contributed by atoms with van der Waals surface area (Å²) in [4.78, 5) is 9.06. The Morgan fingerprint density at radius 1 is 1.00 bits per heavy atom. The van der Waals surface area contributed by atoms with Crippen LogP contribution in [0.5, 0.6) is 0 Å². The molecule has 0 aliphatic carbocycles. The second-order valence-electron chi connectivity index (χ2n) is 5.63. The summed E-state index contributed by atoms with van der Waals surface area (Å²) in [6.45, 7) is 0.780. The quantitative estimate of drug-likeness (QED) is 0.541. The molecule has 0 radical (unpaired) electrons. The molecule has 1 atom stereocenters. The monoisotopic (exact) mass is 351 g/mol. The summed E-state index contributed by atoms with van der Waals surface area (Å²) in [6.07, 6.45) is 4.69. The molecule has 3 heterocycles. The summed E-state index contributed by atoms with van der Waals surface area (Å²) in [5.41, 5.74) is 3.64. The predicted octanol–water partition coefficient (Wildman–Crippen LogP) is 4.83. The average Bonchev–Trinajstić information content (AvgIpc) is 3.32. The van der Waals surface area contributed by atoms with Crippen molar-refractivity contribution in [1.29, 1.82) is 0 Å². The average molecular weight is 352 g/mol. The van der Waals surface area contributed by atoms with Gasteiger partial charge in [0.1, 0.15) is 5.01 Å². The number of nitrogens with one attached hydrogen (secondary N) is 1. The van der Waals surface area contributed by atoms with E-state index in [2.05, 4.69) is 56.4 Å². The molecule has 0 amide bonds. The molecule has 5 heteroatoms. The molecule has 3 nitrogen and oxygen atoms in total. The van der Waals surface area contributed by atoms with Crippen molar-refractivity contribution in [1.82, 2.24) is 15.3 Å². The zero-order chi connectivity index (χ0) is 16.2. The zero-order valence-electron chi connectivity index (χ0n) is 13.1. The number of rotatable bonds is 6. The number of thiophene rings is 1. The van der Waals surface area contributed by atoms with Crippen LogP contribution in [0.2, 0.25) is 0 Å². The molecule has 24 heavy (non-hydrogen) atoms. The Kier molecular flexibility index (Phi) is 4.64. The largest absolute Gasteiger partial charge is 0.303 e. The summed E-state index contributed by atoms with van der Waals surface area (Å²) >= 11 is 3.45. The molecule has 3 aromatic heterocycles. The lowest BCUT2D eigenvalue weighted by Gasteiger charge is -2.17. The third-order valence-corrected chi connectivity index (χ3v) is 5.65.